The molecule has 0 spiro atoms. The van der Waals surface area contributed by atoms with Crippen LogP contribution in [0.2, 0.25) is 0 Å². The summed E-state index contributed by atoms with van der Waals surface area (Å²) < 4.78 is 14.3. The van der Waals surface area contributed by atoms with Crippen molar-refractivity contribution >= 4 is 17.3 Å². The summed E-state index contributed by atoms with van der Waals surface area (Å²) in [6.45, 7) is 9.52. The Balaban J connectivity index is 2.14. The average molecular weight is 513 g/mol. The molecule has 2 heterocycles. The fourth-order valence-corrected chi connectivity index (χ4v) is 4.00. The molecule has 37 heavy (non-hydrogen) atoms. The summed E-state index contributed by atoms with van der Waals surface area (Å²) in [6, 6.07) is 3.42. The Kier molecular flexibility index (Phi) is 8.06. The lowest BCUT2D eigenvalue weighted by molar-refractivity contribution is 0.0819. The second-order valence-corrected chi connectivity index (χ2v) is 10.0. The summed E-state index contributed by atoms with van der Waals surface area (Å²) in [5, 5.41) is 18.4. The summed E-state index contributed by atoms with van der Waals surface area (Å²) in [5.74, 6) is 0.451. The third-order valence-corrected chi connectivity index (χ3v) is 6.13. The molecule has 1 N–H and O–H groups in total. The number of aromatic nitrogens is 4. The van der Waals surface area contributed by atoms with E-state index in [1.165, 1.54) is 14.1 Å². The van der Waals surface area contributed by atoms with Crippen LogP contribution in [0.3, 0.4) is 0 Å². The van der Waals surface area contributed by atoms with Crippen molar-refractivity contribution in [1.29, 1.82) is 0 Å². The van der Waals surface area contributed by atoms with Crippen molar-refractivity contribution < 1.29 is 24.2 Å². The van der Waals surface area contributed by atoms with Gasteiger partial charge < -0.3 is 19.5 Å². The minimum Gasteiger partial charge on any atom is -0.493 e. The van der Waals surface area contributed by atoms with Gasteiger partial charge in [-0.15, -0.1) is 5.10 Å². The molecule has 0 aliphatic heterocycles. The van der Waals surface area contributed by atoms with Crippen LogP contribution in [-0.2, 0) is 12.0 Å². The van der Waals surface area contributed by atoms with Crippen LogP contribution >= 0.6 is 0 Å². The Bertz CT molecular complexity index is 1410. The molecule has 0 bridgehead atoms. The van der Waals surface area contributed by atoms with E-state index < -0.39 is 0 Å². The number of aryl methyl sites for hydroxylation is 1. The molecule has 0 fully saturated rings. The van der Waals surface area contributed by atoms with Gasteiger partial charge in [0.1, 0.15) is 13.2 Å². The van der Waals surface area contributed by atoms with Crippen molar-refractivity contribution in [3.8, 4) is 11.5 Å². The summed E-state index contributed by atoms with van der Waals surface area (Å²) in [7, 11) is 6.47. The Labute approximate surface area is 216 Å². The van der Waals surface area contributed by atoms with Gasteiger partial charge in [0.2, 0.25) is 5.62 Å². The van der Waals surface area contributed by atoms with Gasteiger partial charge in [-0.05, 0) is 37.0 Å². The van der Waals surface area contributed by atoms with E-state index in [9.17, 15) is 14.7 Å². The smallest absolute Gasteiger partial charge is 0.274 e. The van der Waals surface area contributed by atoms with Crippen molar-refractivity contribution in [2.45, 2.75) is 46.6 Å². The fraction of sp³-hybridized carbons (Fsp3) is 0.500. The summed E-state index contributed by atoms with van der Waals surface area (Å²) >= 11 is 0. The van der Waals surface area contributed by atoms with E-state index >= 15 is 0 Å². The maximum atomic E-state index is 13.5. The van der Waals surface area contributed by atoms with Crippen LogP contribution in [0.15, 0.2) is 17.1 Å². The van der Waals surface area contributed by atoms with E-state index in [-0.39, 0.29) is 36.9 Å². The zero-order valence-electron chi connectivity index (χ0n) is 23.0. The molecule has 1 amide bonds. The van der Waals surface area contributed by atoms with Gasteiger partial charge in [-0.2, -0.15) is 9.61 Å². The molecule has 0 atom stereocenters. The zero-order valence-corrected chi connectivity index (χ0v) is 23.0. The fourth-order valence-electron chi connectivity index (χ4n) is 4.00. The molecule has 3 aromatic rings. The number of hydrogen-bond acceptors (Lipinski definition) is 8. The molecule has 1 aromatic carbocycles. The van der Waals surface area contributed by atoms with Gasteiger partial charge >= 0.3 is 0 Å². The largest absolute Gasteiger partial charge is 0.493 e. The SMILES string of the molecule is C/N=c1\n(CC(=O)c2cc(OCCO)c(OC)c(C(C)(C)C)c2)nc2c(C)c(C)c(C(=O)N(C)C)nn12. The number of Topliss-reactive ketones (excluding diaryl/α,β-unsaturated/α-hetero) is 1. The third kappa shape index (κ3) is 5.36. The minimum absolute atomic E-state index is 0.0654. The first kappa shape index (κ1) is 27.9. The summed E-state index contributed by atoms with van der Waals surface area (Å²) in [5.41, 5.74) is 3.50. The highest BCUT2D eigenvalue weighted by Crippen LogP contribution is 2.40. The molecule has 0 radical (unpaired) electrons. The molecule has 11 nitrogen and oxygen atoms in total. The number of aliphatic hydroxyl groups excluding tert-OH is 1. The van der Waals surface area contributed by atoms with Gasteiger partial charge in [0, 0.05) is 37.8 Å². The minimum atomic E-state index is -0.340. The van der Waals surface area contributed by atoms with Gasteiger partial charge in [0.05, 0.1) is 13.7 Å². The number of benzene rings is 1. The number of hydrogen-bond donors (Lipinski definition) is 1. The Morgan fingerprint density at radius 1 is 1.14 bits per heavy atom. The maximum Gasteiger partial charge on any atom is 0.274 e. The Hall–Kier alpha value is -3.73. The van der Waals surface area contributed by atoms with Gasteiger partial charge in [-0.3, -0.25) is 14.6 Å². The van der Waals surface area contributed by atoms with E-state index in [4.69, 9.17) is 9.47 Å². The Morgan fingerprint density at radius 3 is 2.35 bits per heavy atom. The molecule has 2 aromatic heterocycles. The molecule has 0 saturated heterocycles. The first-order chi connectivity index (χ1) is 17.3. The highest BCUT2D eigenvalue weighted by molar-refractivity contribution is 5.97. The Morgan fingerprint density at radius 2 is 1.81 bits per heavy atom. The van der Waals surface area contributed by atoms with Crippen molar-refractivity contribution in [1.82, 2.24) is 24.3 Å². The standard InChI is InChI=1S/C26H36N6O5/c1-15-16(2)23-29-31(25(27-6)32(23)28-21(15)24(35)30(7)8)14-19(34)17-12-18(26(3,4)5)22(36-9)20(13-17)37-11-10-33/h12-13,33H,10-11,14H2,1-9H3/b27-25+. The molecule has 0 aliphatic rings. The van der Waals surface area contributed by atoms with Crippen LogP contribution in [0.4, 0.5) is 0 Å². The highest BCUT2D eigenvalue weighted by atomic mass is 16.5. The summed E-state index contributed by atoms with van der Waals surface area (Å²) in [4.78, 5) is 32.0. The van der Waals surface area contributed by atoms with E-state index in [1.807, 2.05) is 34.6 Å². The number of rotatable bonds is 8. The van der Waals surface area contributed by atoms with Gasteiger partial charge in [0.15, 0.2) is 28.6 Å². The number of amides is 1. The topological polar surface area (TPSA) is 124 Å². The molecule has 3 rings (SSSR count). The van der Waals surface area contributed by atoms with Crippen LogP contribution in [0.5, 0.6) is 11.5 Å². The molecule has 0 aliphatic carbocycles. The predicted octanol–water partition coefficient (Wildman–Crippen LogP) is 1.94. The quantitative estimate of drug-likeness (QED) is 0.458. The van der Waals surface area contributed by atoms with Crippen molar-refractivity contribution in [3.63, 3.8) is 0 Å². The number of carbonyl (C=O) groups is 2. The van der Waals surface area contributed by atoms with Crippen LogP contribution in [0.25, 0.3) is 5.65 Å². The first-order valence-electron chi connectivity index (χ1n) is 12.0. The van der Waals surface area contributed by atoms with Crippen molar-refractivity contribution in [3.05, 3.63) is 45.7 Å². The number of carbonyl (C=O) groups excluding carboxylic acids is 2. The average Bonchev–Trinajstić information content (AvgIpc) is 3.19. The van der Waals surface area contributed by atoms with Gasteiger partial charge in [-0.25, -0.2) is 4.68 Å². The number of aliphatic hydroxyl groups is 1. The monoisotopic (exact) mass is 512 g/mol. The molecule has 11 heteroatoms. The lowest BCUT2D eigenvalue weighted by Crippen LogP contribution is -2.30. The molecular formula is C26H36N6O5. The van der Waals surface area contributed by atoms with Gasteiger partial charge in [0.25, 0.3) is 5.91 Å². The van der Waals surface area contributed by atoms with E-state index in [0.717, 1.165) is 11.1 Å². The number of ketones is 1. The lowest BCUT2D eigenvalue weighted by Gasteiger charge is -2.25. The van der Waals surface area contributed by atoms with E-state index in [2.05, 4.69) is 15.2 Å². The molecule has 0 saturated carbocycles. The number of ether oxygens (including phenoxy) is 2. The zero-order chi connectivity index (χ0) is 27.7. The predicted molar refractivity (Wildman–Crippen MR) is 139 cm³/mol. The molecule has 0 unspecified atom stereocenters. The van der Waals surface area contributed by atoms with E-state index in [0.29, 0.717) is 39.6 Å². The van der Waals surface area contributed by atoms with Gasteiger partial charge in [-0.1, -0.05) is 20.8 Å². The normalized spacial score (nSPS) is 12.2. The third-order valence-electron chi connectivity index (χ3n) is 6.13. The van der Waals surface area contributed by atoms with Crippen LogP contribution in [0, 0.1) is 13.8 Å². The van der Waals surface area contributed by atoms with Crippen LogP contribution < -0.4 is 15.1 Å². The van der Waals surface area contributed by atoms with Crippen LogP contribution in [0.1, 0.15) is 58.3 Å². The van der Waals surface area contributed by atoms with Crippen LogP contribution in [-0.4, -0.2) is 82.6 Å². The second kappa shape index (κ2) is 10.7. The van der Waals surface area contributed by atoms with Crippen molar-refractivity contribution in [2.75, 3.05) is 41.5 Å². The summed E-state index contributed by atoms with van der Waals surface area (Å²) in [6.07, 6.45) is 0. The van der Waals surface area contributed by atoms with Crippen molar-refractivity contribution in [2.24, 2.45) is 4.99 Å². The second-order valence-electron chi connectivity index (χ2n) is 10.0. The first-order valence-corrected chi connectivity index (χ1v) is 12.0. The maximum absolute atomic E-state index is 13.5. The molecule has 200 valence electrons. The highest BCUT2D eigenvalue weighted by Gasteiger charge is 2.26. The molecular weight excluding hydrogens is 476 g/mol. The number of fused-ring (bicyclic) bond motifs is 1. The lowest BCUT2D eigenvalue weighted by atomic mass is 9.84. The number of methoxy groups -OCH3 is 1. The van der Waals surface area contributed by atoms with E-state index in [1.54, 1.807) is 40.4 Å². The number of nitrogens with zero attached hydrogens (tertiary/aromatic N) is 6.